The molecule has 0 saturated carbocycles. The van der Waals surface area contributed by atoms with Crippen molar-refractivity contribution in [3.63, 3.8) is 0 Å². The first kappa shape index (κ1) is 18.7. The molecule has 0 bridgehead atoms. The second-order valence-corrected chi connectivity index (χ2v) is 6.03. The molecule has 0 unspecified atom stereocenters. The van der Waals surface area contributed by atoms with Crippen LogP contribution in [0.1, 0.15) is 6.42 Å². The highest BCUT2D eigenvalue weighted by Gasteiger charge is 2.10. The molecular weight excluding hydrogens is 350 g/mol. The minimum Gasteiger partial charge on any atom is -0.453 e. The fourth-order valence-corrected chi connectivity index (χ4v) is 2.79. The largest absolute Gasteiger partial charge is 0.453 e. The average Bonchev–Trinajstić information content (AvgIpc) is 2.59. The van der Waals surface area contributed by atoms with E-state index in [1.54, 1.807) is 18.2 Å². The van der Waals surface area contributed by atoms with Gasteiger partial charge in [-0.05, 0) is 30.3 Å². The van der Waals surface area contributed by atoms with Crippen LogP contribution >= 0.6 is 11.8 Å². The van der Waals surface area contributed by atoms with Gasteiger partial charge in [-0.15, -0.1) is 11.8 Å². The molecule has 0 fully saturated rings. The van der Waals surface area contributed by atoms with Gasteiger partial charge in [-0.1, -0.05) is 12.1 Å². The number of thioether (sulfide) groups is 1. The lowest BCUT2D eigenvalue weighted by atomic mass is 10.2. The Morgan fingerprint density at radius 1 is 1.08 bits per heavy atom. The number of rotatable bonds is 6. The molecule has 2 N–H and O–H groups in total. The molecule has 0 aliphatic heterocycles. The number of halogens is 2. The van der Waals surface area contributed by atoms with Gasteiger partial charge in [0.15, 0.2) is 0 Å². The average molecular weight is 366 g/mol. The second-order valence-electron chi connectivity index (χ2n) is 4.89. The summed E-state index contributed by atoms with van der Waals surface area (Å²) in [5, 5.41) is 4.81. The zero-order valence-electron chi connectivity index (χ0n) is 13.3. The van der Waals surface area contributed by atoms with Crippen LogP contribution in [-0.4, -0.2) is 24.9 Å². The number of ether oxygens (including phenoxy) is 1. The Morgan fingerprint density at radius 3 is 2.56 bits per heavy atom. The highest BCUT2D eigenvalue weighted by molar-refractivity contribution is 7.99. The molecule has 25 heavy (non-hydrogen) atoms. The Balaban J connectivity index is 1.89. The van der Waals surface area contributed by atoms with Crippen molar-refractivity contribution < 1.29 is 23.1 Å². The summed E-state index contributed by atoms with van der Waals surface area (Å²) < 4.78 is 31.5. The van der Waals surface area contributed by atoms with Crippen LogP contribution in [0.3, 0.4) is 0 Å². The van der Waals surface area contributed by atoms with E-state index < -0.39 is 11.9 Å². The Labute approximate surface area is 147 Å². The molecule has 2 amide bonds. The van der Waals surface area contributed by atoms with Crippen molar-refractivity contribution >= 4 is 35.1 Å². The van der Waals surface area contributed by atoms with Gasteiger partial charge in [0, 0.05) is 22.8 Å². The summed E-state index contributed by atoms with van der Waals surface area (Å²) in [5.41, 5.74) is 0.221. The van der Waals surface area contributed by atoms with E-state index in [9.17, 15) is 18.4 Å². The summed E-state index contributed by atoms with van der Waals surface area (Å²) >= 11 is 1.23. The summed E-state index contributed by atoms with van der Waals surface area (Å²) in [4.78, 5) is 23.6. The van der Waals surface area contributed by atoms with E-state index in [2.05, 4.69) is 15.4 Å². The Kier molecular flexibility index (Phi) is 6.76. The third kappa shape index (κ3) is 5.75. The number of methoxy groups -OCH3 is 1. The summed E-state index contributed by atoms with van der Waals surface area (Å²) in [6, 6.07) is 10.1. The van der Waals surface area contributed by atoms with E-state index in [-0.39, 0.29) is 23.8 Å². The second kappa shape index (κ2) is 9.03. The third-order valence-electron chi connectivity index (χ3n) is 3.10. The molecule has 2 aromatic rings. The molecule has 0 atom stereocenters. The highest BCUT2D eigenvalue weighted by atomic mass is 32.2. The number of hydrogen-bond acceptors (Lipinski definition) is 4. The lowest BCUT2D eigenvalue weighted by Crippen LogP contribution is -2.14. The maximum Gasteiger partial charge on any atom is 0.411 e. The summed E-state index contributed by atoms with van der Waals surface area (Å²) in [6.07, 6.45) is -0.667. The van der Waals surface area contributed by atoms with E-state index in [0.29, 0.717) is 16.3 Å². The number of carbonyl (C=O) groups is 2. The van der Waals surface area contributed by atoms with Crippen LogP contribution in [0.15, 0.2) is 47.4 Å². The van der Waals surface area contributed by atoms with Gasteiger partial charge in [0.1, 0.15) is 11.6 Å². The van der Waals surface area contributed by atoms with Gasteiger partial charge >= 0.3 is 6.09 Å². The van der Waals surface area contributed by atoms with Crippen molar-refractivity contribution in [2.24, 2.45) is 0 Å². The first-order chi connectivity index (χ1) is 12.0. The molecule has 0 saturated heterocycles. The monoisotopic (exact) mass is 366 g/mol. The van der Waals surface area contributed by atoms with Crippen molar-refractivity contribution in [1.29, 1.82) is 0 Å². The lowest BCUT2D eigenvalue weighted by molar-refractivity contribution is -0.115. The SMILES string of the molecule is COC(=O)Nc1cc(NC(=O)CCSc2ccccc2F)ccc1F. The zero-order valence-corrected chi connectivity index (χ0v) is 14.2. The van der Waals surface area contributed by atoms with Gasteiger partial charge < -0.3 is 10.1 Å². The minimum atomic E-state index is -0.816. The van der Waals surface area contributed by atoms with Crippen molar-refractivity contribution in [1.82, 2.24) is 0 Å². The van der Waals surface area contributed by atoms with E-state index in [4.69, 9.17) is 0 Å². The van der Waals surface area contributed by atoms with E-state index in [1.807, 2.05) is 0 Å². The smallest absolute Gasteiger partial charge is 0.411 e. The molecule has 132 valence electrons. The fraction of sp³-hybridized carbons (Fsp3) is 0.176. The lowest BCUT2D eigenvalue weighted by Gasteiger charge is -2.09. The van der Waals surface area contributed by atoms with Crippen LogP contribution in [0, 0.1) is 11.6 Å². The Hall–Kier alpha value is -2.61. The van der Waals surface area contributed by atoms with Crippen molar-refractivity contribution in [2.45, 2.75) is 11.3 Å². The predicted molar refractivity (Wildman–Crippen MR) is 92.8 cm³/mol. The molecule has 8 heteroatoms. The van der Waals surface area contributed by atoms with E-state index >= 15 is 0 Å². The maximum absolute atomic E-state index is 13.6. The molecule has 0 aliphatic rings. The van der Waals surface area contributed by atoms with Gasteiger partial charge in [-0.25, -0.2) is 13.6 Å². The first-order valence-corrected chi connectivity index (χ1v) is 8.30. The van der Waals surface area contributed by atoms with Crippen LogP contribution in [0.5, 0.6) is 0 Å². The number of anilines is 2. The van der Waals surface area contributed by atoms with Crippen molar-refractivity contribution in [2.75, 3.05) is 23.5 Å². The van der Waals surface area contributed by atoms with Gasteiger partial charge in [0.05, 0.1) is 12.8 Å². The molecule has 0 aromatic heterocycles. The van der Waals surface area contributed by atoms with Crippen LogP contribution < -0.4 is 10.6 Å². The van der Waals surface area contributed by atoms with Crippen molar-refractivity contribution in [3.05, 3.63) is 54.1 Å². The van der Waals surface area contributed by atoms with Crippen LogP contribution in [0.25, 0.3) is 0 Å². The number of carbonyl (C=O) groups excluding carboxylic acids is 2. The van der Waals surface area contributed by atoms with E-state index in [0.717, 1.165) is 13.2 Å². The topological polar surface area (TPSA) is 67.4 Å². The highest BCUT2D eigenvalue weighted by Crippen LogP contribution is 2.23. The molecular formula is C17H16F2N2O3S. The summed E-state index contributed by atoms with van der Waals surface area (Å²) in [5.74, 6) is -0.899. The third-order valence-corrected chi connectivity index (χ3v) is 4.15. The molecule has 0 radical (unpaired) electrons. The molecule has 5 nitrogen and oxygen atoms in total. The number of hydrogen-bond donors (Lipinski definition) is 2. The van der Waals surface area contributed by atoms with Crippen LogP contribution in [0.2, 0.25) is 0 Å². The Morgan fingerprint density at radius 2 is 1.84 bits per heavy atom. The normalized spacial score (nSPS) is 10.2. The van der Waals surface area contributed by atoms with Crippen molar-refractivity contribution in [3.8, 4) is 0 Å². The standard InChI is InChI=1S/C17H16F2N2O3S/c1-24-17(23)21-14-10-11(6-7-12(14)18)20-16(22)8-9-25-15-5-3-2-4-13(15)19/h2-7,10H,8-9H2,1H3,(H,20,22)(H,21,23). The zero-order chi connectivity index (χ0) is 18.2. The Bertz CT molecular complexity index is 771. The number of amides is 2. The maximum atomic E-state index is 13.6. The molecule has 0 spiro atoms. The fourth-order valence-electron chi connectivity index (χ4n) is 1.90. The summed E-state index contributed by atoms with van der Waals surface area (Å²) in [7, 11) is 1.16. The minimum absolute atomic E-state index is 0.106. The van der Waals surface area contributed by atoms with Gasteiger partial charge in [0.2, 0.25) is 5.91 Å². The predicted octanol–water partition coefficient (Wildman–Crippen LogP) is 4.26. The van der Waals surface area contributed by atoms with Crippen LogP contribution in [-0.2, 0) is 9.53 Å². The first-order valence-electron chi connectivity index (χ1n) is 7.31. The molecule has 2 aromatic carbocycles. The quantitative estimate of drug-likeness (QED) is 0.750. The van der Waals surface area contributed by atoms with Gasteiger partial charge in [-0.2, -0.15) is 0 Å². The van der Waals surface area contributed by atoms with Gasteiger partial charge in [0.25, 0.3) is 0 Å². The molecule has 0 heterocycles. The van der Waals surface area contributed by atoms with Crippen LogP contribution in [0.4, 0.5) is 25.0 Å². The molecule has 0 aliphatic carbocycles. The van der Waals surface area contributed by atoms with E-state index in [1.165, 1.54) is 30.0 Å². The summed E-state index contributed by atoms with van der Waals surface area (Å²) in [6.45, 7) is 0. The van der Waals surface area contributed by atoms with Gasteiger partial charge in [-0.3, -0.25) is 10.1 Å². The molecule has 2 rings (SSSR count). The number of benzene rings is 2. The number of nitrogens with one attached hydrogen (secondary N) is 2.